The zero-order valence-corrected chi connectivity index (χ0v) is 14.8. The number of aromatic carboxylic acids is 1. The van der Waals surface area contributed by atoms with Gasteiger partial charge >= 0.3 is 12.1 Å². The number of ether oxygens (including phenoxy) is 2. The Hall–Kier alpha value is -2.55. The van der Waals surface area contributed by atoms with Crippen molar-refractivity contribution in [3.8, 4) is 11.6 Å². The highest BCUT2D eigenvalue weighted by molar-refractivity contribution is 5.91. The van der Waals surface area contributed by atoms with Crippen LogP contribution in [0, 0.1) is 20.8 Å². The lowest BCUT2D eigenvalue weighted by atomic mass is 10.1. The van der Waals surface area contributed by atoms with Crippen molar-refractivity contribution in [1.29, 1.82) is 0 Å². The van der Waals surface area contributed by atoms with Crippen molar-refractivity contribution in [1.82, 2.24) is 9.55 Å². The van der Waals surface area contributed by atoms with Gasteiger partial charge < -0.3 is 19.1 Å². The number of halogens is 3. The van der Waals surface area contributed by atoms with Crippen LogP contribution in [0.1, 0.15) is 33.0 Å². The minimum atomic E-state index is -4.76. The first-order valence-corrected chi connectivity index (χ1v) is 7.71. The smallest absolute Gasteiger partial charge is 0.421 e. The third-order valence-corrected chi connectivity index (χ3v) is 3.89. The van der Waals surface area contributed by atoms with Crippen LogP contribution in [0.25, 0.3) is 5.69 Å². The van der Waals surface area contributed by atoms with Crippen LogP contribution in [0.15, 0.2) is 12.1 Å². The molecule has 0 atom stereocenters. The first-order valence-electron chi connectivity index (χ1n) is 7.71. The number of carboxylic acid groups (broad SMARTS) is 1. The molecule has 0 bridgehead atoms. The third kappa shape index (κ3) is 3.67. The lowest BCUT2D eigenvalue weighted by Gasteiger charge is -2.21. The molecular weight excluding hydrogens is 353 g/mol. The highest BCUT2D eigenvalue weighted by Gasteiger charge is 2.40. The molecule has 6 nitrogen and oxygen atoms in total. The van der Waals surface area contributed by atoms with Crippen LogP contribution in [0.5, 0.6) is 5.88 Å². The van der Waals surface area contributed by atoms with Crippen molar-refractivity contribution in [3.05, 3.63) is 40.3 Å². The molecule has 9 heteroatoms. The Kier molecular flexibility index (Phi) is 5.60. The second kappa shape index (κ2) is 7.36. The number of hydrogen-bond acceptors (Lipinski definition) is 4. The zero-order chi connectivity index (χ0) is 19.6. The van der Waals surface area contributed by atoms with Crippen molar-refractivity contribution in [3.63, 3.8) is 0 Å². The average Bonchev–Trinajstić information content (AvgIpc) is 2.85. The van der Waals surface area contributed by atoms with Gasteiger partial charge in [-0.05, 0) is 38.5 Å². The van der Waals surface area contributed by atoms with Crippen LogP contribution >= 0.6 is 0 Å². The number of rotatable bonds is 6. The predicted molar refractivity (Wildman–Crippen MR) is 87.1 cm³/mol. The largest absolute Gasteiger partial charge is 0.476 e. The Bertz CT molecular complexity index is 809. The Morgan fingerprint density at radius 3 is 2.23 bits per heavy atom. The van der Waals surface area contributed by atoms with Gasteiger partial charge in [0.05, 0.1) is 12.3 Å². The van der Waals surface area contributed by atoms with Crippen LogP contribution in [-0.4, -0.2) is 41.0 Å². The molecule has 0 unspecified atom stereocenters. The molecule has 142 valence electrons. The Morgan fingerprint density at radius 1 is 1.19 bits per heavy atom. The monoisotopic (exact) mass is 372 g/mol. The molecule has 0 spiro atoms. The van der Waals surface area contributed by atoms with E-state index in [2.05, 4.69) is 4.98 Å². The van der Waals surface area contributed by atoms with Crippen LogP contribution in [0.3, 0.4) is 0 Å². The fourth-order valence-electron chi connectivity index (χ4n) is 2.77. The predicted octanol–water partition coefficient (Wildman–Crippen LogP) is 3.54. The molecule has 0 saturated heterocycles. The zero-order valence-electron chi connectivity index (χ0n) is 14.8. The SMILES string of the molecule is COCCOc1nc(C(=O)O)c(-n2c(C)ccc2C)c(C)c1C(F)(F)F. The van der Waals surface area contributed by atoms with Gasteiger partial charge in [-0.2, -0.15) is 13.2 Å². The number of pyridine rings is 1. The Morgan fingerprint density at radius 2 is 1.77 bits per heavy atom. The van der Waals surface area contributed by atoms with E-state index in [0.29, 0.717) is 11.4 Å². The molecule has 0 saturated carbocycles. The summed E-state index contributed by atoms with van der Waals surface area (Å²) in [6, 6.07) is 3.38. The average molecular weight is 372 g/mol. The summed E-state index contributed by atoms with van der Waals surface area (Å²) in [6.45, 7) is 4.42. The first kappa shape index (κ1) is 19.8. The molecule has 0 fully saturated rings. The van der Waals surface area contributed by atoms with Crippen molar-refractivity contribution >= 4 is 5.97 Å². The van der Waals surface area contributed by atoms with Crippen LogP contribution in [-0.2, 0) is 10.9 Å². The van der Waals surface area contributed by atoms with Crippen LogP contribution in [0.2, 0.25) is 0 Å². The van der Waals surface area contributed by atoms with E-state index in [1.165, 1.54) is 18.6 Å². The molecule has 2 aromatic rings. The quantitative estimate of drug-likeness (QED) is 0.785. The minimum absolute atomic E-state index is 0.0397. The highest BCUT2D eigenvalue weighted by atomic mass is 19.4. The molecule has 0 aliphatic heterocycles. The summed E-state index contributed by atoms with van der Waals surface area (Å²) in [6.07, 6.45) is -4.76. The van der Waals surface area contributed by atoms with Gasteiger partial charge in [-0.15, -0.1) is 0 Å². The van der Waals surface area contributed by atoms with Crippen molar-refractivity contribution in [2.24, 2.45) is 0 Å². The molecule has 0 aromatic carbocycles. The Balaban J connectivity index is 2.82. The van der Waals surface area contributed by atoms with Crippen molar-refractivity contribution in [2.45, 2.75) is 26.9 Å². The lowest BCUT2D eigenvalue weighted by molar-refractivity contribution is -0.139. The van der Waals surface area contributed by atoms with Gasteiger partial charge in [-0.25, -0.2) is 9.78 Å². The van der Waals surface area contributed by atoms with Gasteiger partial charge in [-0.3, -0.25) is 0 Å². The molecular formula is C17H19F3N2O4. The van der Waals surface area contributed by atoms with Crippen molar-refractivity contribution in [2.75, 3.05) is 20.3 Å². The van der Waals surface area contributed by atoms with E-state index in [4.69, 9.17) is 9.47 Å². The van der Waals surface area contributed by atoms with E-state index >= 15 is 0 Å². The molecule has 2 rings (SSSR count). The van der Waals surface area contributed by atoms with E-state index in [9.17, 15) is 23.1 Å². The molecule has 1 N–H and O–H groups in total. The van der Waals surface area contributed by atoms with Gasteiger partial charge in [0.1, 0.15) is 12.2 Å². The summed E-state index contributed by atoms with van der Waals surface area (Å²) in [4.78, 5) is 15.4. The van der Waals surface area contributed by atoms with E-state index in [0.717, 1.165) is 0 Å². The van der Waals surface area contributed by atoms with Gasteiger partial charge in [0.2, 0.25) is 5.88 Å². The molecule has 2 heterocycles. The fourth-order valence-corrected chi connectivity index (χ4v) is 2.77. The highest BCUT2D eigenvalue weighted by Crippen LogP contribution is 2.41. The number of methoxy groups -OCH3 is 1. The van der Waals surface area contributed by atoms with Gasteiger partial charge in [0.15, 0.2) is 5.69 Å². The van der Waals surface area contributed by atoms with Gasteiger partial charge in [0, 0.05) is 18.5 Å². The van der Waals surface area contributed by atoms with Gasteiger partial charge in [-0.1, -0.05) is 0 Å². The maximum Gasteiger partial charge on any atom is 0.421 e. The molecule has 2 aromatic heterocycles. The van der Waals surface area contributed by atoms with E-state index in [1.807, 2.05) is 0 Å². The number of carbonyl (C=O) groups is 1. The van der Waals surface area contributed by atoms with Crippen LogP contribution in [0.4, 0.5) is 13.2 Å². The second-order valence-electron chi connectivity index (χ2n) is 5.71. The summed E-state index contributed by atoms with van der Waals surface area (Å²) < 4.78 is 52.3. The summed E-state index contributed by atoms with van der Waals surface area (Å²) in [5, 5.41) is 9.52. The number of hydrogen-bond donors (Lipinski definition) is 1. The van der Waals surface area contributed by atoms with Gasteiger partial charge in [0.25, 0.3) is 0 Å². The maximum atomic E-state index is 13.7. The third-order valence-electron chi connectivity index (χ3n) is 3.89. The number of aryl methyl sites for hydroxylation is 2. The maximum absolute atomic E-state index is 13.7. The van der Waals surface area contributed by atoms with Crippen molar-refractivity contribution < 1.29 is 32.5 Å². The lowest BCUT2D eigenvalue weighted by Crippen LogP contribution is -2.20. The number of nitrogens with zero attached hydrogens (tertiary/aromatic N) is 2. The molecule has 0 amide bonds. The van der Waals surface area contributed by atoms with E-state index in [1.54, 1.807) is 26.0 Å². The topological polar surface area (TPSA) is 73.6 Å². The fraction of sp³-hybridized carbons (Fsp3) is 0.412. The molecule has 0 radical (unpaired) electrons. The normalized spacial score (nSPS) is 11.7. The Labute approximate surface area is 148 Å². The number of aromatic nitrogens is 2. The molecule has 0 aliphatic rings. The number of alkyl halides is 3. The van der Waals surface area contributed by atoms with E-state index in [-0.39, 0.29) is 24.5 Å². The van der Waals surface area contributed by atoms with E-state index < -0.39 is 29.3 Å². The second-order valence-corrected chi connectivity index (χ2v) is 5.71. The molecule has 0 aliphatic carbocycles. The summed E-state index contributed by atoms with van der Waals surface area (Å²) in [5.41, 5.74) is -0.804. The summed E-state index contributed by atoms with van der Waals surface area (Å²) in [7, 11) is 1.37. The standard InChI is InChI=1S/C17H19F3N2O4/c1-9-5-6-10(2)22(9)14-11(3)12(17(18,19)20)15(26-8-7-25-4)21-13(14)16(23)24/h5-6H,7-8H2,1-4H3,(H,23,24). The number of carboxylic acids is 1. The summed E-state index contributed by atoms with van der Waals surface area (Å²) >= 11 is 0. The molecule has 26 heavy (non-hydrogen) atoms. The first-order chi connectivity index (χ1) is 12.1. The minimum Gasteiger partial charge on any atom is -0.476 e. The summed E-state index contributed by atoms with van der Waals surface area (Å²) in [5.74, 6) is -2.21. The van der Waals surface area contributed by atoms with Crippen LogP contribution < -0.4 is 4.74 Å².